The molecule has 0 N–H and O–H groups in total. The van der Waals surface area contributed by atoms with E-state index in [4.69, 9.17) is 0 Å². The number of carbonyl (C=O) groups is 1. The molecule has 0 aliphatic carbocycles. The van der Waals surface area contributed by atoms with Crippen molar-refractivity contribution in [2.45, 2.75) is 29.7 Å². The van der Waals surface area contributed by atoms with Crippen molar-refractivity contribution in [3.63, 3.8) is 0 Å². The molecule has 1 aromatic carbocycles. The highest BCUT2D eigenvalue weighted by molar-refractivity contribution is 7.89. The summed E-state index contributed by atoms with van der Waals surface area (Å²) in [5.41, 5.74) is 0. The number of piperazine rings is 1. The topological polar surface area (TPSA) is 76.2 Å². The van der Waals surface area contributed by atoms with Gasteiger partial charge >= 0.3 is 24.8 Å². The Bertz CT molecular complexity index is 908. The fourth-order valence-electron chi connectivity index (χ4n) is 2.59. The zero-order valence-electron chi connectivity index (χ0n) is 15.5. The van der Waals surface area contributed by atoms with Gasteiger partial charge < -0.3 is 14.4 Å². The summed E-state index contributed by atoms with van der Waals surface area (Å²) in [6.45, 7) is -2.38. The first kappa shape index (κ1) is 25.8. The molecular weight excluding hydrogens is 491 g/mol. The smallest absolute Gasteiger partial charge is 0.426 e. The van der Waals surface area contributed by atoms with Gasteiger partial charge in [0, 0.05) is 32.2 Å². The second kappa shape index (κ2) is 8.84. The molecule has 182 valence electrons. The van der Waals surface area contributed by atoms with Crippen LogP contribution in [0.25, 0.3) is 0 Å². The Hall–Kier alpha value is -2.43. The van der Waals surface area contributed by atoms with E-state index in [1.165, 1.54) is 0 Å². The van der Waals surface area contributed by atoms with Crippen molar-refractivity contribution in [1.29, 1.82) is 0 Å². The predicted molar refractivity (Wildman–Crippen MR) is 85.8 cm³/mol. The van der Waals surface area contributed by atoms with Crippen LogP contribution in [0.1, 0.15) is 0 Å². The van der Waals surface area contributed by atoms with E-state index in [-0.39, 0.29) is 0 Å². The summed E-state index contributed by atoms with van der Waals surface area (Å²) in [5.74, 6) is -0.828. The molecule has 1 aromatic rings. The molecular formula is C15H13F9N2O5S. The van der Waals surface area contributed by atoms with Gasteiger partial charge in [0.05, 0.1) is 4.90 Å². The Balaban J connectivity index is 2.07. The number of ether oxygens (including phenoxy) is 2. The molecule has 0 saturated carbocycles. The van der Waals surface area contributed by atoms with E-state index in [0.29, 0.717) is 15.3 Å². The zero-order valence-corrected chi connectivity index (χ0v) is 16.3. The van der Waals surface area contributed by atoms with Crippen molar-refractivity contribution in [3.05, 3.63) is 24.3 Å². The first-order chi connectivity index (χ1) is 14.4. The quantitative estimate of drug-likeness (QED) is 0.587. The fraction of sp³-hybridized carbons (Fsp3) is 0.533. The van der Waals surface area contributed by atoms with Crippen molar-refractivity contribution in [1.82, 2.24) is 9.21 Å². The monoisotopic (exact) mass is 504 g/mol. The lowest BCUT2D eigenvalue weighted by atomic mass is 10.3. The Kier molecular flexibility index (Phi) is 7.13. The van der Waals surface area contributed by atoms with Gasteiger partial charge in [0.2, 0.25) is 10.0 Å². The summed E-state index contributed by atoms with van der Waals surface area (Å²) >= 11 is 0. The van der Waals surface area contributed by atoms with E-state index in [2.05, 4.69) is 9.47 Å². The molecule has 0 spiro atoms. The van der Waals surface area contributed by atoms with E-state index >= 15 is 0 Å². The van der Waals surface area contributed by atoms with Gasteiger partial charge in [-0.1, -0.05) is 6.07 Å². The van der Waals surface area contributed by atoms with Crippen LogP contribution < -0.4 is 4.74 Å². The van der Waals surface area contributed by atoms with E-state index < -0.39 is 77.8 Å². The molecule has 32 heavy (non-hydrogen) atoms. The van der Waals surface area contributed by atoms with Gasteiger partial charge in [0.25, 0.3) is 6.10 Å². The molecule has 7 nitrogen and oxygen atoms in total. The lowest BCUT2D eigenvalue weighted by Gasteiger charge is -2.34. The number of nitrogens with zero attached hydrogens (tertiary/aromatic N) is 2. The van der Waals surface area contributed by atoms with Gasteiger partial charge in [-0.15, -0.1) is 13.2 Å². The first-order valence-corrected chi connectivity index (χ1v) is 9.80. The van der Waals surface area contributed by atoms with Crippen molar-refractivity contribution in [2.75, 3.05) is 26.2 Å². The highest BCUT2D eigenvalue weighted by Crippen LogP contribution is 2.36. The van der Waals surface area contributed by atoms with Crippen LogP contribution in [0.5, 0.6) is 5.75 Å². The maximum absolute atomic E-state index is 12.6. The Morgan fingerprint density at radius 3 is 1.91 bits per heavy atom. The predicted octanol–water partition coefficient (Wildman–Crippen LogP) is 3.52. The van der Waals surface area contributed by atoms with Crippen LogP contribution >= 0.6 is 0 Å². The van der Waals surface area contributed by atoms with Crippen LogP contribution in [-0.4, -0.2) is 74.7 Å². The SMILES string of the molecule is O=C(OC(C(F)(F)F)C(F)(F)F)N1CCN(S(=O)(=O)c2cccc(OC(F)(F)F)c2)CC1. The number of alkyl halides is 9. The highest BCUT2D eigenvalue weighted by atomic mass is 32.2. The van der Waals surface area contributed by atoms with E-state index in [1.807, 2.05) is 0 Å². The third-order valence-electron chi connectivity index (χ3n) is 3.99. The highest BCUT2D eigenvalue weighted by Gasteiger charge is 2.60. The molecule has 0 atom stereocenters. The molecule has 1 amide bonds. The van der Waals surface area contributed by atoms with Gasteiger partial charge in [0.1, 0.15) is 5.75 Å². The van der Waals surface area contributed by atoms with Crippen LogP contribution in [0, 0.1) is 0 Å². The normalized spacial score (nSPS) is 16.9. The number of sulfonamides is 1. The van der Waals surface area contributed by atoms with E-state index in [0.717, 1.165) is 18.2 Å². The third kappa shape index (κ3) is 6.54. The van der Waals surface area contributed by atoms with Crippen LogP contribution in [0.4, 0.5) is 44.3 Å². The summed E-state index contributed by atoms with van der Waals surface area (Å²) in [6, 6.07) is 3.35. The summed E-state index contributed by atoms with van der Waals surface area (Å²) < 4.78 is 145. The zero-order chi connectivity index (χ0) is 24.5. The number of carbonyl (C=O) groups excluding carboxylic acids is 1. The maximum Gasteiger partial charge on any atom is 0.573 e. The van der Waals surface area contributed by atoms with Crippen LogP contribution in [-0.2, 0) is 14.8 Å². The Morgan fingerprint density at radius 2 is 1.44 bits per heavy atom. The number of benzene rings is 1. The second-order valence-corrected chi connectivity index (χ2v) is 8.20. The number of halogens is 9. The van der Waals surface area contributed by atoms with Gasteiger partial charge in [-0.05, 0) is 12.1 Å². The van der Waals surface area contributed by atoms with Gasteiger partial charge in [0.15, 0.2) is 0 Å². The minimum Gasteiger partial charge on any atom is -0.426 e. The molecule has 1 heterocycles. The fourth-order valence-corrected chi connectivity index (χ4v) is 4.04. The number of rotatable bonds is 4. The van der Waals surface area contributed by atoms with Crippen LogP contribution in [0.15, 0.2) is 29.2 Å². The molecule has 1 saturated heterocycles. The van der Waals surface area contributed by atoms with Gasteiger partial charge in [-0.2, -0.15) is 30.6 Å². The molecule has 0 bridgehead atoms. The largest absolute Gasteiger partial charge is 0.573 e. The standard InChI is InChI=1S/C15H13F9N2O5S/c16-13(17,18)11(14(19,20)21)30-12(27)25-4-6-26(7-5-25)32(28,29)10-3-1-2-9(8-10)31-15(22,23)24/h1-3,8,11H,4-7H2. The summed E-state index contributed by atoms with van der Waals surface area (Å²) in [5, 5.41) is 0. The molecule has 0 radical (unpaired) electrons. The lowest BCUT2D eigenvalue weighted by molar-refractivity contribution is -0.308. The molecule has 0 unspecified atom stereocenters. The molecule has 1 fully saturated rings. The minimum absolute atomic E-state index is 0.444. The second-order valence-electron chi connectivity index (χ2n) is 6.26. The van der Waals surface area contributed by atoms with Crippen LogP contribution in [0.3, 0.4) is 0 Å². The molecule has 1 aliphatic rings. The number of hydrogen-bond acceptors (Lipinski definition) is 5. The van der Waals surface area contributed by atoms with E-state index in [1.54, 1.807) is 0 Å². The number of amides is 1. The summed E-state index contributed by atoms with van der Waals surface area (Å²) in [6.07, 6.45) is -23.2. The van der Waals surface area contributed by atoms with Crippen molar-refractivity contribution >= 4 is 16.1 Å². The average Bonchev–Trinajstić information content (AvgIpc) is 2.63. The first-order valence-electron chi connectivity index (χ1n) is 8.36. The molecule has 17 heteroatoms. The van der Waals surface area contributed by atoms with Gasteiger partial charge in [-0.25, -0.2) is 13.2 Å². The molecule has 1 aliphatic heterocycles. The van der Waals surface area contributed by atoms with Crippen molar-refractivity contribution < 1.29 is 62.2 Å². The van der Waals surface area contributed by atoms with Crippen LogP contribution in [0.2, 0.25) is 0 Å². The van der Waals surface area contributed by atoms with E-state index in [9.17, 15) is 52.7 Å². The third-order valence-corrected chi connectivity index (χ3v) is 5.88. The maximum atomic E-state index is 12.6. The summed E-state index contributed by atoms with van der Waals surface area (Å²) in [4.78, 5) is 11.6. The Labute approximate surface area is 174 Å². The number of hydrogen-bond donors (Lipinski definition) is 0. The molecule has 0 aromatic heterocycles. The average molecular weight is 504 g/mol. The lowest BCUT2D eigenvalue weighted by Crippen LogP contribution is -2.53. The van der Waals surface area contributed by atoms with Gasteiger partial charge in [-0.3, -0.25) is 0 Å². The summed E-state index contributed by atoms with van der Waals surface area (Å²) in [7, 11) is -4.41. The van der Waals surface area contributed by atoms with Crippen molar-refractivity contribution in [2.24, 2.45) is 0 Å². The molecule has 2 rings (SSSR count). The van der Waals surface area contributed by atoms with Crippen molar-refractivity contribution in [3.8, 4) is 5.75 Å². The minimum atomic E-state index is -5.91. The Morgan fingerprint density at radius 1 is 0.906 bits per heavy atom.